The van der Waals surface area contributed by atoms with Crippen LogP contribution in [-0.2, 0) is 6.42 Å². The molecule has 1 aromatic rings. The molecular formula is C17H28OS. The van der Waals surface area contributed by atoms with Gasteiger partial charge in [0.25, 0.3) is 0 Å². The summed E-state index contributed by atoms with van der Waals surface area (Å²) in [7, 11) is 0. The predicted molar refractivity (Wildman–Crippen MR) is 85.3 cm³/mol. The zero-order valence-electron chi connectivity index (χ0n) is 12.3. The summed E-state index contributed by atoms with van der Waals surface area (Å²) >= 11 is 1.56. The summed E-state index contributed by atoms with van der Waals surface area (Å²) in [4.78, 5) is 11.4. The first-order valence-electron chi connectivity index (χ1n) is 7.89. The van der Waals surface area contributed by atoms with Gasteiger partial charge in [0.15, 0.2) is 6.29 Å². The molecule has 0 amide bonds. The largest absolute Gasteiger partial charge is 0.297 e. The minimum absolute atomic E-state index is 0.863. The van der Waals surface area contributed by atoms with Crippen molar-refractivity contribution in [2.24, 2.45) is 0 Å². The second kappa shape index (κ2) is 11.2. The fourth-order valence-electron chi connectivity index (χ4n) is 2.40. The number of thiophene rings is 1. The van der Waals surface area contributed by atoms with Gasteiger partial charge in [-0.05, 0) is 29.9 Å². The monoisotopic (exact) mass is 280 g/mol. The van der Waals surface area contributed by atoms with Gasteiger partial charge in [0.05, 0.1) is 4.88 Å². The average Bonchev–Trinajstić information content (AvgIpc) is 2.89. The molecular weight excluding hydrogens is 252 g/mol. The van der Waals surface area contributed by atoms with Gasteiger partial charge in [0.2, 0.25) is 0 Å². The number of hydrogen-bond acceptors (Lipinski definition) is 2. The summed E-state index contributed by atoms with van der Waals surface area (Å²) in [5.41, 5.74) is 1.34. The van der Waals surface area contributed by atoms with Crippen LogP contribution in [-0.4, -0.2) is 6.29 Å². The molecule has 0 fully saturated rings. The molecule has 0 saturated carbocycles. The second-order valence-corrected chi connectivity index (χ2v) is 6.35. The standard InChI is InChI=1S/C17H28OS/c1-2-3-4-5-6-7-8-9-10-11-12-16-13-17(14-18)19-15-16/h13-15H,2-12H2,1H3. The number of aryl methyl sites for hydroxylation is 1. The first-order chi connectivity index (χ1) is 9.36. The van der Waals surface area contributed by atoms with E-state index in [4.69, 9.17) is 0 Å². The number of hydrogen-bond donors (Lipinski definition) is 0. The maximum absolute atomic E-state index is 10.6. The molecule has 0 atom stereocenters. The van der Waals surface area contributed by atoms with Crippen LogP contribution in [0.15, 0.2) is 11.4 Å². The Morgan fingerprint density at radius 1 is 0.947 bits per heavy atom. The van der Waals surface area contributed by atoms with Gasteiger partial charge in [0, 0.05) is 0 Å². The smallest absolute Gasteiger partial charge is 0.160 e. The van der Waals surface area contributed by atoms with Crippen LogP contribution in [0.2, 0.25) is 0 Å². The lowest BCUT2D eigenvalue weighted by Crippen LogP contribution is -1.85. The topological polar surface area (TPSA) is 17.1 Å². The second-order valence-electron chi connectivity index (χ2n) is 5.41. The van der Waals surface area contributed by atoms with E-state index in [-0.39, 0.29) is 0 Å². The molecule has 1 nitrogen and oxygen atoms in total. The zero-order valence-corrected chi connectivity index (χ0v) is 13.1. The van der Waals surface area contributed by atoms with Crippen molar-refractivity contribution in [3.63, 3.8) is 0 Å². The molecule has 0 aliphatic rings. The Kier molecular flexibility index (Phi) is 9.70. The number of carbonyl (C=O) groups excluding carboxylic acids is 1. The fraction of sp³-hybridized carbons (Fsp3) is 0.706. The first kappa shape index (κ1) is 16.4. The SMILES string of the molecule is CCCCCCCCCCCCc1csc(C=O)c1. The van der Waals surface area contributed by atoms with E-state index >= 15 is 0 Å². The Morgan fingerprint density at radius 2 is 1.53 bits per heavy atom. The van der Waals surface area contributed by atoms with Crippen LogP contribution in [0.4, 0.5) is 0 Å². The predicted octanol–water partition coefficient (Wildman–Crippen LogP) is 6.02. The fourth-order valence-corrected chi connectivity index (χ4v) is 3.15. The van der Waals surface area contributed by atoms with Crippen molar-refractivity contribution in [3.05, 3.63) is 21.9 Å². The average molecular weight is 280 g/mol. The molecule has 0 aromatic carbocycles. The molecule has 108 valence electrons. The molecule has 19 heavy (non-hydrogen) atoms. The molecule has 2 heteroatoms. The van der Waals surface area contributed by atoms with E-state index < -0.39 is 0 Å². The minimum atomic E-state index is 0.863. The van der Waals surface area contributed by atoms with Crippen LogP contribution in [0, 0.1) is 0 Å². The van der Waals surface area contributed by atoms with Crippen LogP contribution >= 0.6 is 11.3 Å². The number of aldehydes is 1. The lowest BCUT2D eigenvalue weighted by molar-refractivity contribution is 0.112. The van der Waals surface area contributed by atoms with E-state index in [1.165, 1.54) is 69.8 Å². The molecule has 0 saturated heterocycles. The Hall–Kier alpha value is -0.630. The Labute approximate surface area is 122 Å². The highest BCUT2D eigenvalue weighted by molar-refractivity contribution is 7.11. The highest BCUT2D eigenvalue weighted by Crippen LogP contribution is 2.16. The van der Waals surface area contributed by atoms with Crippen molar-refractivity contribution in [1.29, 1.82) is 0 Å². The van der Waals surface area contributed by atoms with Crippen LogP contribution in [0.5, 0.6) is 0 Å². The summed E-state index contributed by atoms with van der Waals surface area (Å²) in [6.07, 6.45) is 15.9. The highest BCUT2D eigenvalue weighted by Gasteiger charge is 1.98. The van der Waals surface area contributed by atoms with E-state index in [1.54, 1.807) is 11.3 Å². The van der Waals surface area contributed by atoms with Gasteiger partial charge in [-0.3, -0.25) is 4.79 Å². The van der Waals surface area contributed by atoms with Gasteiger partial charge in [-0.1, -0.05) is 64.7 Å². The number of carbonyl (C=O) groups is 1. The van der Waals surface area contributed by atoms with E-state index in [2.05, 4.69) is 12.3 Å². The van der Waals surface area contributed by atoms with Crippen LogP contribution in [0.3, 0.4) is 0 Å². The molecule has 0 spiro atoms. The molecule has 1 heterocycles. The molecule has 1 rings (SSSR count). The van der Waals surface area contributed by atoms with Gasteiger partial charge in [-0.15, -0.1) is 11.3 Å². The van der Waals surface area contributed by atoms with Gasteiger partial charge < -0.3 is 0 Å². The molecule has 1 aromatic heterocycles. The van der Waals surface area contributed by atoms with Crippen LogP contribution < -0.4 is 0 Å². The molecule has 0 unspecified atom stereocenters. The van der Waals surface area contributed by atoms with Crippen molar-refractivity contribution in [1.82, 2.24) is 0 Å². The maximum atomic E-state index is 10.6. The third-order valence-electron chi connectivity index (χ3n) is 3.61. The van der Waals surface area contributed by atoms with Crippen molar-refractivity contribution in [3.8, 4) is 0 Å². The van der Waals surface area contributed by atoms with Gasteiger partial charge >= 0.3 is 0 Å². The van der Waals surface area contributed by atoms with Crippen LogP contribution in [0.25, 0.3) is 0 Å². The summed E-state index contributed by atoms with van der Waals surface area (Å²) in [6, 6.07) is 2.03. The molecule has 0 bridgehead atoms. The number of unbranched alkanes of at least 4 members (excludes halogenated alkanes) is 9. The summed E-state index contributed by atoms with van der Waals surface area (Å²) < 4.78 is 0. The lowest BCUT2D eigenvalue weighted by Gasteiger charge is -2.01. The van der Waals surface area contributed by atoms with E-state index in [9.17, 15) is 4.79 Å². The van der Waals surface area contributed by atoms with Gasteiger partial charge in [-0.25, -0.2) is 0 Å². The first-order valence-corrected chi connectivity index (χ1v) is 8.77. The highest BCUT2D eigenvalue weighted by atomic mass is 32.1. The number of rotatable bonds is 12. The van der Waals surface area contributed by atoms with E-state index in [0.717, 1.165) is 17.6 Å². The molecule has 0 radical (unpaired) electrons. The summed E-state index contributed by atoms with van der Waals surface area (Å²) in [5.74, 6) is 0. The van der Waals surface area contributed by atoms with Gasteiger partial charge in [0.1, 0.15) is 0 Å². The van der Waals surface area contributed by atoms with E-state index in [1.807, 2.05) is 6.07 Å². The quantitative estimate of drug-likeness (QED) is 0.338. The van der Waals surface area contributed by atoms with Crippen LogP contribution in [0.1, 0.15) is 86.4 Å². The Morgan fingerprint density at radius 3 is 2.05 bits per heavy atom. The van der Waals surface area contributed by atoms with E-state index in [0.29, 0.717) is 0 Å². The zero-order chi connectivity index (χ0) is 13.8. The molecule has 0 aliphatic carbocycles. The van der Waals surface area contributed by atoms with Crippen molar-refractivity contribution in [2.45, 2.75) is 77.6 Å². The third kappa shape index (κ3) is 8.20. The Bertz CT molecular complexity index is 330. The van der Waals surface area contributed by atoms with Crippen molar-refractivity contribution in [2.75, 3.05) is 0 Å². The molecule has 0 N–H and O–H groups in total. The summed E-state index contributed by atoms with van der Waals surface area (Å²) in [5, 5.41) is 2.12. The van der Waals surface area contributed by atoms with Gasteiger partial charge in [-0.2, -0.15) is 0 Å². The van der Waals surface area contributed by atoms with Crippen molar-refractivity contribution >= 4 is 17.6 Å². The molecule has 0 aliphatic heterocycles. The Balaban J connectivity index is 1.87. The third-order valence-corrected chi connectivity index (χ3v) is 4.52. The maximum Gasteiger partial charge on any atom is 0.160 e. The normalized spacial score (nSPS) is 10.8. The van der Waals surface area contributed by atoms with Crippen molar-refractivity contribution < 1.29 is 4.79 Å². The minimum Gasteiger partial charge on any atom is -0.297 e. The lowest BCUT2D eigenvalue weighted by atomic mass is 10.0. The summed E-state index contributed by atoms with van der Waals surface area (Å²) in [6.45, 7) is 2.27.